The summed E-state index contributed by atoms with van der Waals surface area (Å²) >= 11 is 1.21. The molecule has 1 fully saturated rings. The van der Waals surface area contributed by atoms with E-state index in [0.717, 1.165) is 0 Å². The van der Waals surface area contributed by atoms with Gasteiger partial charge in [0.1, 0.15) is 17.3 Å². The number of fused-ring (bicyclic) bond motifs is 1. The maximum absolute atomic E-state index is 11.0. The summed E-state index contributed by atoms with van der Waals surface area (Å²) in [5.41, 5.74) is 1.21. The van der Waals surface area contributed by atoms with Crippen molar-refractivity contribution in [2.45, 2.75) is 6.04 Å². The Morgan fingerprint density at radius 1 is 1.56 bits per heavy atom. The second-order valence-electron chi connectivity index (χ2n) is 3.50. The molecule has 2 heterocycles. The maximum atomic E-state index is 11.0. The fourth-order valence-electron chi connectivity index (χ4n) is 1.60. The Kier molecular flexibility index (Phi) is 2.03. The van der Waals surface area contributed by atoms with Gasteiger partial charge in [-0.3, -0.25) is 4.79 Å². The molecule has 16 heavy (non-hydrogen) atoms. The molecule has 0 saturated carbocycles. The van der Waals surface area contributed by atoms with Crippen molar-refractivity contribution in [2.75, 3.05) is 5.75 Å². The predicted octanol–water partition coefficient (Wildman–Crippen LogP) is 2.03. The molecule has 3 rings (SSSR count). The van der Waals surface area contributed by atoms with E-state index in [1.54, 1.807) is 12.1 Å². The molecule has 6 heteroatoms. The number of aromatic nitrogens is 1. The van der Waals surface area contributed by atoms with E-state index >= 15 is 0 Å². The highest BCUT2D eigenvalue weighted by molar-refractivity contribution is 8.13. The van der Waals surface area contributed by atoms with Gasteiger partial charge in [0.25, 0.3) is 5.24 Å². The molecule has 0 bridgehead atoms. The fraction of sp³-hybridized carbons (Fsp3) is 0.200. The topological polar surface area (TPSA) is 75.4 Å². The van der Waals surface area contributed by atoms with E-state index in [-0.39, 0.29) is 17.0 Å². The largest absolute Gasteiger partial charge is 0.508 e. The van der Waals surface area contributed by atoms with Gasteiger partial charge < -0.3 is 14.8 Å². The minimum absolute atomic E-state index is 0.0601. The van der Waals surface area contributed by atoms with Crippen LogP contribution >= 0.6 is 11.8 Å². The van der Waals surface area contributed by atoms with E-state index < -0.39 is 0 Å². The lowest BCUT2D eigenvalue weighted by Crippen LogP contribution is -2.17. The normalized spacial score (nSPS) is 20.2. The number of oxazole rings is 1. The number of amides is 1. The molecule has 1 saturated heterocycles. The molecule has 1 atom stereocenters. The number of phenols is 1. The van der Waals surface area contributed by atoms with Crippen molar-refractivity contribution in [3.8, 4) is 5.75 Å². The van der Waals surface area contributed by atoms with E-state index in [9.17, 15) is 9.90 Å². The maximum Gasteiger partial charge on any atom is 0.279 e. The zero-order valence-electron chi connectivity index (χ0n) is 8.14. The van der Waals surface area contributed by atoms with Gasteiger partial charge in [-0.1, -0.05) is 11.8 Å². The van der Waals surface area contributed by atoms with Crippen molar-refractivity contribution in [3.63, 3.8) is 0 Å². The van der Waals surface area contributed by atoms with Crippen molar-refractivity contribution in [1.29, 1.82) is 0 Å². The number of hydrogen-bond donors (Lipinski definition) is 2. The van der Waals surface area contributed by atoms with Gasteiger partial charge in [0.2, 0.25) is 5.89 Å². The molecule has 0 spiro atoms. The quantitative estimate of drug-likeness (QED) is 0.792. The van der Waals surface area contributed by atoms with Gasteiger partial charge in [0.05, 0.1) is 0 Å². The number of phenolic OH excluding ortho intramolecular Hbond substituents is 1. The highest BCUT2D eigenvalue weighted by Gasteiger charge is 2.27. The highest BCUT2D eigenvalue weighted by atomic mass is 32.2. The van der Waals surface area contributed by atoms with E-state index in [2.05, 4.69) is 10.3 Å². The number of carbonyl (C=O) groups excluding carboxylic acids is 1. The zero-order chi connectivity index (χ0) is 11.1. The molecule has 5 nitrogen and oxygen atoms in total. The van der Waals surface area contributed by atoms with Crippen molar-refractivity contribution >= 4 is 28.1 Å². The van der Waals surface area contributed by atoms with Crippen molar-refractivity contribution < 1.29 is 14.3 Å². The first kappa shape index (κ1) is 9.53. The van der Waals surface area contributed by atoms with Gasteiger partial charge >= 0.3 is 0 Å². The van der Waals surface area contributed by atoms with E-state index in [1.807, 2.05) is 0 Å². The van der Waals surface area contributed by atoms with Crippen LogP contribution in [0.2, 0.25) is 0 Å². The Labute approximate surface area is 94.8 Å². The Hall–Kier alpha value is -1.69. The van der Waals surface area contributed by atoms with Crippen LogP contribution in [-0.2, 0) is 0 Å². The SMILES string of the molecule is O=C1NC(c2nc3ccc(O)cc3o2)CS1. The Bertz CT molecular complexity index is 566. The zero-order valence-corrected chi connectivity index (χ0v) is 8.95. The molecule has 1 aliphatic rings. The molecular formula is C10H8N2O3S. The predicted molar refractivity (Wildman–Crippen MR) is 59.4 cm³/mol. The molecule has 1 amide bonds. The average molecular weight is 236 g/mol. The van der Waals surface area contributed by atoms with Crippen LogP contribution in [-0.4, -0.2) is 21.1 Å². The lowest BCUT2D eigenvalue weighted by Gasteiger charge is -2.01. The summed E-state index contributed by atoms with van der Waals surface area (Å²) in [4.78, 5) is 15.3. The molecule has 1 aliphatic heterocycles. The fourth-order valence-corrected chi connectivity index (χ4v) is 2.37. The van der Waals surface area contributed by atoms with Gasteiger partial charge in [-0.25, -0.2) is 4.98 Å². The Morgan fingerprint density at radius 3 is 3.19 bits per heavy atom. The first-order valence-electron chi connectivity index (χ1n) is 4.75. The van der Waals surface area contributed by atoms with Gasteiger partial charge in [-0.15, -0.1) is 0 Å². The van der Waals surface area contributed by atoms with Crippen molar-refractivity contribution in [1.82, 2.24) is 10.3 Å². The van der Waals surface area contributed by atoms with Crippen LogP contribution in [0.5, 0.6) is 5.75 Å². The summed E-state index contributed by atoms with van der Waals surface area (Å²) in [5.74, 6) is 1.25. The number of aromatic hydroxyl groups is 1. The van der Waals surface area contributed by atoms with Crippen LogP contribution in [0.15, 0.2) is 22.6 Å². The molecule has 1 aromatic heterocycles. The van der Waals surface area contributed by atoms with Crippen LogP contribution in [0, 0.1) is 0 Å². The number of nitrogens with zero attached hydrogens (tertiary/aromatic N) is 1. The lowest BCUT2D eigenvalue weighted by atomic mass is 10.3. The molecule has 82 valence electrons. The van der Waals surface area contributed by atoms with Crippen LogP contribution in [0.1, 0.15) is 11.9 Å². The summed E-state index contributed by atoms with van der Waals surface area (Å²) < 4.78 is 5.48. The number of thioether (sulfide) groups is 1. The lowest BCUT2D eigenvalue weighted by molar-refractivity contribution is 0.259. The smallest absolute Gasteiger partial charge is 0.279 e. The number of hydrogen-bond acceptors (Lipinski definition) is 5. The molecule has 1 unspecified atom stereocenters. The van der Waals surface area contributed by atoms with Crippen LogP contribution in [0.3, 0.4) is 0 Å². The molecular weight excluding hydrogens is 228 g/mol. The third-order valence-electron chi connectivity index (χ3n) is 2.36. The number of rotatable bonds is 1. The third kappa shape index (κ3) is 1.51. The second-order valence-corrected chi connectivity index (χ2v) is 4.49. The summed E-state index contributed by atoms with van der Waals surface area (Å²) in [6.45, 7) is 0. The number of benzene rings is 1. The van der Waals surface area contributed by atoms with E-state index in [4.69, 9.17) is 4.42 Å². The molecule has 0 radical (unpaired) electrons. The van der Waals surface area contributed by atoms with Gasteiger partial charge in [0, 0.05) is 11.8 Å². The van der Waals surface area contributed by atoms with E-state index in [0.29, 0.717) is 22.7 Å². The minimum Gasteiger partial charge on any atom is -0.508 e. The van der Waals surface area contributed by atoms with Crippen LogP contribution in [0.4, 0.5) is 4.79 Å². The summed E-state index contributed by atoms with van der Waals surface area (Å²) in [5, 5.41) is 12.0. The Balaban J connectivity index is 2.02. The standard InChI is InChI=1S/C10H8N2O3S/c13-5-1-2-6-8(3-5)15-9(11-6)7-4-16-10(14)12-7/h1-3,7,13H,4H2,(H,12,14). The molecule has 0 aliphatic carbocycles. The summed E-state index contributed by atoms with van der Waals surface area (Å²) in [6, 6.07) is 4.57. The van der Waals surface area contributed by atoms with Crippen LogP contribution in [0.25, 0.3) is 11.1 Å². The second kappa shape index (κ2) is 3.41. The summed E-state index contributed by atoms with van der Waals surface area (Å²) in [7, 11) is 0. The number of nitrogens with one attached hydrogen (secondary N) is 1. The van der Waals surface area contributed by atoms with Crippen molar-refractivity contribution in [2.24, 2.45) is 0 Å². The van der Waals surface area contributed by atoms with Gasteiger partial charge in [-0.05, 0) is 12.1 Å². The number of carbonyl (C=O) groups is 1. The average Bonchev–Trinajstić information content (AvgIpc) is 2.83. The van der Waals surface area contributed by atoms with Crippen LogP contribution < -0.4 is 5.32 Å². The summed E-state index contributed by atoms with van der Waals surface area (Å²) in [6.07, 6.45) is 0. The van der Waals surface area contributed by atoms with E-state index in [1.165, 1.54) is 17.8 Å². The van der Waals surface area contributed by atoms with Gasteiger partial charge in [0.15, 0.2) is 5.58 Å². The highest BCUT2D eigenvalue weighted by Crippen LogP contribution is 2.28. The molecule has 2 N–H and O–H groups in total. The minimum atomic E-state index is -0.174. The third-order valence-corrected chi connectivity index (χ3v) is 3.24. The first-order valence-corrected chi connectivity index (χ1v) is 5.74. The molecule has 1 aromatic carbocycles. The van der Waals surface area contributed by atoms with Gasteiger partial charge in [-0.2, -0.15) is 0 Å². The molecule has 2 aromatic rings. The monoisotopic (exact) mass is 236 g/mol. The Morgan fingerprint density at radius 2 is 2.44 bits per heavy atom. The first-order chi connectivity index (χ1) is 7.72. The van der Waals surface area contributed by atoms with Crippen molar-refractivity contribution in [3.05, 3.63) is 24.1 Å².